The third-order valence-electron chi connectivity index (χ3n) is 3.94. The third kappa shape index (κ3) is 3.33. The first-order valence-corrected chi connectivity index (χ1v) is 7.34. The van der Waals surface area contributed by atoms with E-state index in [1.54, 1.807) is 0 Å². The van der Waals surface area contributed by atoms with Gasteiger partial charge in [0.2, 0.25) is 0 Å². The van der Waals surface area contributed by atoms with E-state index in [0.717, 1.165) is 29.7 Å². The molecule has 0 N–H and O–H groups in total. The van der Waals surface area contributed by atoms with Crippen LogP contribution in [0.2, 0.25) is 0 Å². The first kappa shape index (κ1) is 14.4. The van der Waals surface area contributed by atoms with Crippen molar-refractivity contribution in [2.45, 2.75) is 59.9 Å². The van der Waals surface area contributed by atoms with Crippen LogP contribution >= 0.6 is 0 Å². The fourth-order valence-corrected chi connectivity index (χ4v) is 3.31. The van der Waals surface area contributed by atoms with E-state index >= 15 is 0 Å². The van der Waals surface area contributed by atoms with Crippen molar-refractivity contribution in [3.63, 3.8) is 0 Å². The summed E-state index contributed by atoms with van der Waals surface area (Å²) in [4.78, 5) is 11.9. The van der Waals surface area contributed by atoms with Gasteiger partial charge in [-0.1, -0.05) is 27.7 Å². The molecule has 2 rings (SSSR count). The standard InChI is InChI=1S/C16H27N3/c1-11-7-8-19(9-11)10-14-17-12(2)15(13(3)18-14)16(4,5)6/h11H,7-10H2,1-6H3. The van der Waals surface area contributed by atoms with Crippen LogP contribution in [0.3, 0.4) is 0 Å². The van der Waals surface area contributed by atoms with Gasteiger partial charge in [0.05, 0.1) is 6.54 Å². The molecule has 3 heteroatoms. The van der Waals surface area contributed by atoms with Gasteiger partial charge in [0.25, 0.3) is 0 Å². The monoisotopic (exact) mass is 261 g/mol. The van der Waals surface area contributed by atoms with Gasteiger partial charge in [-0.05, 0) is 38.1 Å². The summed E-state index contributed by atoms with van der Waals surface area (Å²) in [5, 5.41) is 0. The van der Waals surface area contributed by atoms with Crippen molar-refractivity contribution in [3.05, 3.63) is 22.8 Å². The zero-order valence-electron chi connectivity index (χ0n) is 13.2. The highest BCUT2D eigenvalue weighted by atomic mass is 15.2. The van der Waals surface area contributed by atoms with E-state index in [1.165, 1.54) is 25.1 Å². The zero-order valence-corrected chi connectivity index (χ0v) is 13.2. The van der Waals surface area contributed by atoms with Gasteiger partial charge in [0.15, 0.2) is 0 Å². The topological polar surface area (TPSA) is 29.0 Å². The normalized spacial score (nSPS) is 21.1. The molecule has 3 nitrogen and oxygen atoms in total. The molecule has 1 unspecified atom stereocenters. The molecule has 106 valence electrons. The third-order valence-corrected chi connectivity index (χ3v) is 3.94. The minimum atomic E-state index is 0.120. The predicted octanol–water partition coefficient (Wildman–Crippen LogP) is 3.23. The van der Waals surface area contributed by atoms with Crippen molar-refractivity contribution < 1.29 is 0 Å². The second kappa shape index (κ2) is 5.20. The molecule has 1 saturated heterocycles. The van der Waals surface area contributed by atoms with Gasteiger partial charge in [0, 0.05) is 23.5 Å². The van der Waals surface area contributed by atoms with Crippen LogP contribution < -0.4 is 0 Å². The summed E-state index contributed by atoms with van der Waals surface area (Å²) in [5.41, 5.74) is 3.70. The van der Waals surface area contributed by atoms with Crippen LogP contribution in [0.25, 0.3) is 0 Å². The van der Waals surface area contributed by atoms with Crippen LogP contribution in [0, 0.1) is 19.8 Å². The summed E-state index contributed by atoms with van der Waals surface area (Å²) >= 11 is 0. The largest absolute Gasteiger partial charge is 0.296 e. The molecule has 0 amide bonds. The molecular weight excluding hydrogens is 234 g/mol. The average Bonchev–Trinajstić information content (AvgIpc) is 2.60. The lowest BCUT2D eigenvalue weighted by molar-refractivity contribution is 0.311. The van der Waals surface area contributed by atoms with E-state index in [1.807, 2.05) is 0 Å². The lowest BCUT2D eigenvalue weighted by atomic mass is 9.85. The molecule has 1 aliphatic heterocycles. The number of hydrogen-bond acceptors (Lipinski definition) is 3. The zero-order chi connectivity index (χ0) is 14.2. The lowest BCUT2D eigenvalue weighted by Crippen LogP contribution is -2.24. The Balaban J connectivity index is 2.20. The molecule has 1 atom stereocenters. The number of hydrogen-bond donors (Lipinski definition) is 0. The van der Waals surface area contributed by atoms with Gasteiger partial charge < -0.3 is 0 Å². The second-order valence-electron chi connectivity index (χ2n) is 7.06. The van der Waals surface area contributed by atoms with Gasteiger partial charge >= 0.3 is 0 Å². The fourth-order valence-electron chi connectivity index (χ4n) is 3.31. The van der Waals surface area contributed by atoms with Crippen LogP contribution in [-0.2, 0) is 12.0 Å². The Kier molecular flexibility index (Phi) is 3.95. The highest BCUT2D eigenvalue weighted by Gasteiger charge is 2.23. The maximum absolute atomic E-state index is 4.74. The Morgan fingerprint density at radius 3 is 2.16 bits per heavy atom. The SMILES string of the molecule is Cc1nc(CN2CCC(C)C2)nc(C)c1C(C)(C)C. The van der Waals surface area contributed by atoms with Crippen LogP contribution in [-0.4, -0.2) is 28.0 Å². The van der Waals surface area contributed by atoms with E-state index in [9.17, 15) is 0 Å². The smallest absolute Gasteiger partial charge is 0.142 e. The molecule has 0 radical (unpaired) electrons. The first-order chi connectivity index (χ1) is 8.77. The molecule has 0 aliphatic carbocycles. The van der Waals surface area contributed by atoms with Crippen molar-refractivity contribution in [1.82, 2.24) is 14.9 Å². The summed E-state index contributed by atoms with van der Waals surface area (Å²) < 4.78 is 0. The molecule has 0 saturated carbocycles. The Morgan fingerprint density at radius 2 is 1.74 bits per heavy atom. The molecule has 1 aromatic rings. The Hall–Kier alpha value is -0.960. The molecule has 1 aliphatic rings. The van der Waals surface area contributed by atoms with Crippen LogP contribution in [0.5, 0.6) is 0 Å². The van der Waals surface area contributed by atoms with Gasteiger partial charge in [-0.3, -0.25) is 4.90 Å². The summed E-state index contributed by atoms with van der Waals surface area (Å²) in [5.74, 6) is 1.80. The van der Waals surface area contributed by atoms with Gasteiger partial charge in [-0.25, -0.2) is 9.97 Å². The van der Waals surface area contributed by atoms with E-state index in [0.29, 0.717) is 0 Å². The van der Waals surface area contributed by atoms with E-state index < -0.39 is 0 Å². The number of rotatable bonds is 2. The van der Waals surface area contributed by atoms with Crippen molar-refractivity contribution >= 4 is 0 Å². The Bertz CT molecular complexity index is 437. The van der Waals surface area contributed by atoms with E-state index in [4.69, 9.17) is 9.97 Å². The van der Waals surface area contributed by atoms with Crippen LogP contribution in [0.4, 0.5) is 0 Å². The fraction of sp³-hybridized carbons (Fsp3) is 0.750. The summed E-state index contributed by atoms with van der Waals surface area (Å²) in [6, 6.07) is 0. The average molecular weight is 261 g/mol. The molecule has 1 fully saturated rings. The molecule has 1 aromatic heterocycles. The Morgan fingerprint density at radius 1 is 1.16 bits per heavy atom. The second-order valence-corrected chi connectivity index (χ2v) is 7.06. The highest BCUT2D eigenvalue weighted by molar-refractivity contribution is 5.31. The van der Waals surface area contributed by atoms with E-state index in [2.05, 4.69) is 46.4 Å². The number of aryl methyl sites for hydroxylation is 2. The van der Waals surface area contributed by atoms with Gasteiger partial charge in [0.1, 0.15) is 5.82 Å². The van der Waals surface area contributed by atoms with Crippen LogP contribution in [0.15, 0.2) is 0 Å². The Labute approximate surface area is 117 Å². The van der Waals surface area contributed by atoms with Gasteiger partial charge in [-0.2, -0.15) is 0 Å². The van der Waals surface area contributed by atoms with Crippen molar-refractivity contribution in [2.75, 3.05) is 13.1 Å². The molecule has 2 heterocycles. The lowest BCUT2D eigenvalue weighted by Gasteiger charge is -2.24. The summed E-state index contributed by atoms with van der Waals surface area (Å²) in [6.07, 6.45) is 1.30. The van der Waals surface area contributed by atoms with Crippen LogP contribution in [0.1, 0.15) is 56.9 Å². The number of likely N-dealkylation sites (tertiary alicyclic amines) is 1. The number of aromatic nitrogens is 2. The number of nitrogens with zero attached hydrogens (tertiary/aromatic N) is 3. The summed E-state index contributed by atoms with van der Waals surface area (Å²) in [6.45, 7) is 16.5. The van der Waals surface area contributed by atoms with Crippen molar-refractivity contribution in [3.8, 4) is 0 Å². The highest BCUT2D eigenvalue weighted by Crippen LogP contribution is 2.27. The maximum atomic E-state index is 4.74. The van der Waals surface area contributed by atoms with E-state index in [-0.39, 0.29) is 5.41 Å². The van der Waals surface area contributed by atoms with Gasteiger partial charge in [-0.15, -0.1) is 0 Å². The van der Waals surface area contributed by atoms with Crippen molar-refractivity contribution in [1.29, 1.82) is 0 Å². The maximum Gasteiger partial charge on any atom is 0.142 e. The summed E-state index contributed by atoms with van der Waals surface area (Å²) in [7, 11) is 0. The molecule has 0 bridgehead atoms. The van der Waals surface area contributed by atoms with Crippen molar-refractivity contribution in [2.24, 2.45) is 5.92 Å². The molecule has 0 aromatic carbocycles. The first-order valence-electron chi connectivity index (χ1n) is 7.34. The molecule has 0 spiro atoms. The molecule has 19 heavy (non-hydrogen) atoms. The minimum Gasteiger partial charge on any atom is -0.296 e. The minimum absolute atomic E-state index is 0.120. The predicted molar refractivity (Wildman–Crippen MR) is 79.3 cm³/mol. The molecular formula is C16H27N3. The quantitative estimate of drug-likeness (QED) is 0.818.